The summed E-state index contributed by atoms with van der Waals surface area (Å²) in [6.45, 7) is 0.264. The highest BCUT2D eigenvalue weighted by Crippen LogP contribution is 2.32. The lowest BCUT2D eigenvalue weighted by atomic mass is 9.99. The first-order chi connectivity index (χ1) is 8.38. The van der Waals surface area contributed by atoms with E-state index in [0.717, 1.165) is 6.20 Å². The van der Waals surface area contributed by atoms with Gasteiger partial charge in [0.2, 0.25) is 6.43 Å². The van der Waals surface area contributed by atoms with Gasteiger partial charge in [-0.25, -0.2) is 8.78 Å². The van der Waals surface area contributed by atoms with Crippen molar-refractivity contribution >= 4 is 0 Å². The Morgan fingerprint density at radius 3 is 2.56 bits per heavy atom. The SMILES string of the molecule is FC(F)C1CN(Cc2cccnc2C(F)(F)F)C1. The average molecular weight is 266 g/mol. The minimum atomic E-state index is -4.51. The summed E-state index contributed by atoms with van der Waals surface area (Å²) in [5.41, 5.74) is -0.914. The van der Waals surface area contributed by atoms with Crippen LogP contribution in [-0.4, -0.2) is 29.4 Å². The Hall–Kier alpha value is -1.24. The fraction of sp³-hybridized carbons (Fsp3) is 0.545. The number of hydrogen-bond donors (Lipinski definition) is 0. The highest BCUT2D eigenvalue weighted by atomic mass is 19.4. The molecule has 0 amide bonds. The molecule has 100 valence electrons. The molecule has 2 nitrogen and oxygen atoms in total. The standard InChI is InChI=1S/C11H11F5N2/c12-10(13)8-5-18(6-8)4-7-2-1-3-17-9(7)11(14,15)16/h1-3,8,10H,4-6H2. The number of pyridine rings is 1. The van der Waals surface area contributed by atoms with Crippen LogP contribution in [0.25, 0.3) is 0 Å². The van der Waals surface area contributed by atoms with E-state index in [2.05, 4.69) is 4.98 Å². The van der Waals surface area contributed by atoms with Crippen molar-refractivity contribution < 1.29 is 22.0 Å². The molecule has 1 aromatic heterocycles. The Bertz CT molecular complexity index is 412. The molecule has 1 aromatic rings. The molecule has 2 rings (SSSR count). The van der Waals surface area contributed by atoms with Gasteiger partial charge in [0.05, 0.1) is 0 Å². The second kappa shape index (κ2) is 4.79. The van der Waals surface area contributed by atoms with E-state index in [0.29, 0.717) is 0 Å². The highest BCUT2D eigenvalue weighted by Gasteiger charge is 2.38. The molecule has 1 fully saturated rings. The second-order valence-electron chi connectivity index (χ2n) is 4.30. The molecule has 1 aliphatic rings. The van der Waals surface area contributed by atoms with E-state index < -0.39 is 24.2 Å². The summed E-state index contributed by atoms with van der Waals surface area (Å²) in [7, 11) is 0. The normalized spacial score (nSPS) is 18.1. The fourth-order valence-electron chi connectivity index (χ4n) is 1.96. The third kappa shape index (κ3) is 2.77. The quantitative estimate of drug-likeness (QED) is 0.782. The molecule has 7 heteroatoms. The summed E-state index contributed by atoms with van der Waals surface area (Å²) in [6, 6.07) is 2.74. The van der Waals surface area contributed by atoms with Crippen molar-refractivity contribution in [3.05, 3.63) is 29.6 Å². The Kier molecular flexibility index (Phi) is 3.52. The van der Waals surface area contributed by atoms with Crippen LogP contribution in [0.4, 0.5) is 22.0 Å². The van der Waals surface area contributed by atoms with Crippen molar-refractivity contribution in [2.45, 2.75) is 19.1 Å². The van der Waals surface area contributed by atoms with Gasteiger partial charge in [0.25, 0.3) is 0 Å². The van der Waals surface area contributed by atoms with E-state index in [1.807, 2.05) is 0 Å². The smallest absolute Gasteiger partial charge is 0.298 e. The van der Waals surface area contributed by atoms with Gasteiger partial charge in [0, 0.05) is 31.7 Å². The number of nitrogens with zero attached hydrogens (tertiary/aromatic N) is 2. The van der Waals surface area contributed by atoms with Crippen LogP contribution in [-0.2, 0) is 12.7 Å². The lowest BCUT2D eigenvalue weighted by Crippen LogP contribution is -2.49. The van der Waals surface area contributed by atoms with E-state index >= 15 is 0 Å². The zero-order valence-corrected chi connectivity index (χ0v) is 9.29. The number of alkyl halides is 5. The van der Waals surface area contributed by atoms with E-state index in [9.17, 15) is 22.0 Å². The number of likely N-dealkylation sites (tertiary alicyclic amines) is 1. The van der Waals surface area contributed by atoms with Crippen molar-refractivity contribution in [3.8, 4) is 0 Å². The molecule has 1 saturated heterocycles. The molecular weight excluding hydrogens is 255 g/mol. The Labute approximate surface area is 100 Å². The van der Waals surface area contributed by atoms with E-state index in [1.165, 1.54) is 12.1 Å². The van der Waals surface area contributed by atoms with Crippen LogP contribution in [0.5, 0.6) is 0 Å². The van der Waals surface area contributed by atoms with Crippen molar-refractivity contribution in [2.75, 3.05) is 13.1 Å². The largest absolute Gasteiger partial charge is 0.433 e. The summed E-state index contributed by atoms with van der Waals surface area (Å²) < 4.78 is 62.4. The third-order valence-electron chi connectivity index (χ3n) is 2.90. The Morgan fingerprint density at radius 2 is 2.00 bits per heavy atom. The minimum absolute atomic E-state index is 0.00586. The molecule has 0 spiro atoms. The first-order valence-corrected chi connectivity index (χ1v) is 5.39. The average Bonchev–Trinajstić information content (AvgIpc) is 2.21. The van der Waals surface area contributed by atoms with Crippen LogP contribution in [0.1, 0.15) is 11.3 Å². The minimum Gasteiger partial charge on any atom is -0.298 e. The summed E-state index contributed by atoms with van der Waals surface area (Å²) in [6.07, 6.45) is -5.84. The van der Waals surface area contributed by atoms with E-state index in [-0.39, 0.29) is 25.2 Å². The van der Waals surface area contributed by atoms with Crippen molar-refractivity contribution in [1.29, 1.82) is 0 Å². The maximum atomic E-state index is 12.6. The predicted molar refractivity (Wildman–Crippen MR) is 54.0 cm³/mol. The molecule has 1 aliphatic heterocycles. The molecule has 0 bridgehead atoms. The van der Waals surface area contributed by atoms with Gasteiger partial charge in [-0.05, 0) is 11.6 Å². The molecular formula is C11H11F5N2. The van der Waals surface area contributed by atoms with E-state index in [1.54, 1.807) is 4.90 Å². The van der Waals surface area contributed by atoms with Gasteiger partial charge < -0.3 is 0 Å². The highest BCUT2D eigenvalue weighted by molar-refractivity contribution is 5.22. The molecule has 0 aromatic carbocycles. The molecule has 0 radical (unpaired) electrons. The zero-order valence-electron chi connectivity index (χ0n) is 9.29. The summed E-state index contributed by atoms with van der Waals surface area (Å²) in [5, 5.41) is 0. The molecule has 18 heavy (non-hydrogen) atoms. The Morgan fingerprint density at radius 1 is 1.33 bits per heavy atom. The van der Waals surface area contributed by atoms with Gasteiger partial charge >= 0.3 is 6.18 Å². The summed E-state index contributed by atoms with van der Waals surface area (Å²) in [4.78, 5) is 4.87. The molecule has 0 N–H and O–H groups in total. The van der Waals surface area contributed by atoms with Gasteiger partial charge in [-0.3, -0.25) is 9.88 Å². The molecule has 2 heterocycles. The van der Waals surface area contributed by atoms with Crippen LogP contribution in [0.2, 0.25) is 0 Å². The Balaban J connectivity index is 2.03. The molecule has 0 saturated carbocycles. The summed E-state index contributed by atoms with van der Waals surface area (Å²) in [5.74, 6) is -0.726. The van der Waals surface area contributed by atoms with Crippen LogP contribution >= 0.6 is 0 Å². The van der Waals surface area contributed by atoms with Crippen molar-refractivity contribution in [3.63, 3.8) is 0 Å². The van der Waals surface area contributed by atoms with Gasteiger partial charge in [0.15, 0.2) is 0 Å². The molecule has 0 unspecified atom stereocenters. The van der Waals surface area contributed by atoms with E-state index in [4.69, 9.17) is 0 Å². The number of halogens is 5. The lowest BCUT2D eigenvalue weighted by molar-refractivity contribution is -0.142. The van der Waals surface area contributed by atoms with Crippen molar-refractivity contribution in [2.24, 2.45) is 5.92 Å². The number of hydrogen-bond acceptors (Lipinski definition) is 2. The van der Waals surface area contributed by atoms with Gasteiger partial charge in [0.1, 0.15) is 5.69 Å². The lowest BCUT2D eigenvalue weighted by Gasteiger charge is -2.38. The zero-order chi connectivity index (χ0) is 13.3. The molecule has 0 aliphatic carbocycles. The van der Waals surface area contributed by atoms with Crippen molar-refractivity contribution in [1.82, 2.24) is 9.88 Å². The van der Waals surface area contributed by atoms with Gasteiger partial charge in [-0.1, -0.05) is 6.07 Å². The van der Waals surface area contributed by atoms with Gasteiger partial charge in [-0.2, -0.15) is 13.2 Å². The van der Waals surface area contributed by atoms with Gasteiger partial charge in [-0.15, -0.1) is 0 Å². The second-order valence-corrected chi connectivity index (χ2v) is 4.30. The van der Waals surface area contributed by atoms with Crippen LogP contribution in [0.15, 0.2) is 18.3 Å². The van der Waals surface area contributed by atoms with Crippen LogP contribution in [0.3, 0.4) is 0 Å². The molecule has 0 atom stereocenters. The first-order valence-electron chi connectivity index (χ1n) is 5.39. The topological polar surface area (TPSA) is 16.1 Å². The maximum absolute atomic E-state index is 12.6. The maximum Gasteiger partial charge on any atom is 0.433 e. The monoisotopic (exact) mass is 266 g/mol. The first kappa shape index (κ1) is 13.2. The number of rotatable bonds is 3. The summed E-state index contributed by atoms with van der Waals surface area (Å²) >= 11 is 0. The predicted octanol–water partition coefficient (Wildman–Crippen LogP) is 2.80. The fourth-order valence-corrected chi connectivity index (χ4v) is 1.96. The van der Waals surface area contributed by atoms with Crippen LogP contribution < -0.4 is 0 Å². The van der Waals surface area contributed by atoms with Crippen LogP contribution in [0, 0.1) is 5.92 Å². The number of aromatic nitrogens is 1. The third-order valence-corrected chi connectivity index (χ3v) is 2.90.